The van der Waals surface area contributed by atoms with Crippen LogP contribution in [0.15, 0.2) is 53.4 Å². The number of halogens is 3. The summed E-state index contributed by atoms with van der Waals surface area (Å²) in [7, 11) is -4.15. The third-order valence-corrected chi connectivity index (χ3v) is 6.34. The average Bonchev–Trinajstić information content (AvgIpc) is 3.05. The monoisotopic (exact) mass is 410 g/mol. The van der Waals surface area contributed by atoms with Crippen LogP contribution in [0.5, 0.6) is 0 Å². The van der Waals surface area contributed by atoms with Gasteiger partial charge in [0.05, 0.1) is 10.5 Å². The van der Waals surface area contributed by atoms with Crippen LogP contribution < -0.4 is 4.72 Å². The van der Waals surface area contributed by atoms with Crippen molar-refractivity contribution in [3.05, 3.63) is 59.8 Å². The summed E-state index contributed by atoms with van der Waals surface area (Å²) in [6.07, 6.45) is -3.69. The summed E-state index contributed by atoms with van der Waals surface area (Å²) in [4.78, 5) is 2.89. The second-order valence-electron chi connectivity index (χ2n) is 7.35. The van der Waals surface area contributed by atoms with E-state index in [9.17, 15) is 21.6 Å². The van der Waals surface area contributed by atoms with Gasteiger partial charge in [-0.2, -0.15) is 13.2 Å². The molecule has 0 unspecified atom stereocenters. The first-order valence-electron chi connectivity index (χ1n) is 8.76. The molecule has 0 spiro atoms. The van der Waals surface area contributed by atoms with E-state index in [0.717, 1.165) is 41.2 Å². The summed E-state index contributed by atoms with van der Waals surface area (Å²) in [6.45, 7) is 6.30. The van der Waals surface area contributed by atoms with Gasteiger partial charge < -0.3 is 4.98 Å². The third kappa shape index (κ3) is 4.01. The molecule has 28 heavy (non-hydrogen) atoms. The first-order chi connectivity index (χ1) is 12.9. The molecule has 0 aliphatic heterocycles. The van der Waals surface area contributed by atoms with E-state index in [0.29, 0.717) is 6.07 Å². The van der Waals surface area contributed by atoms with Gasteiger partial charge in [-0.25, -0.2) is 8.42 Å². The Morgan fingerprint density at radius 2 is 1.75 bits per heavy atom. The van der Waals surface area contributed by atoms with Crippen molar-refractivity contribution in [2.45, 2.75) is 43.7 Å². The molecule has 0 atom stereocenters. The molecule has 0 aliphatic rings. The number of hydrogen-bond acceptors (Lipinski definition) is 2. The fourth-order valence-electron chi connectivity index (χ4n) is 2.80. The maximum atomic E-state index is 12.9. The van der Waals surface area contributed by atoms with Gasteiger partial charge in [0.2, 0.25) is 0 Å². The molecule has 1 aromatic heterocycles. The van der Waals surface area contributed by atoms with Crippen molar-refractivity contribution >= 4 is 26.6 Å². The van der Waals surface area contributed by atoms with Crippen LogP contribution in [0.1, 0.15) is 38.4 Å². The van der Waals surface area contributed by atoms with Crippen LogP contribution in [0.2, 0.25) is 0 Å². The summed E-state index contributed by atoms with van der Waals surface area (Å²) in [5.74, 6) is 0. The smallest absolute Gasteiger partial charge is 0.358 e. The molecule has 0 aliphatic carbocycles. The molecule has 0 amide bonds. The summed E-state index contributed by atoms with van der Waals surface area (Å²) < 4.78 is 66.0. The number of alkyl halides is 3. The minimum atomic E-state index is -4.61. The van der Waals surface area contributed by atoms with Crippen LogP contribution >= 0.6 is 0 Å². The Labute approximate surface area is 161 Å². The van der Waals surface area contributed by atoms with Crippen LogP contribution in [0.25, 0.3) is 10.9 Å². The molecule has 1 heterocycles. The molecule has 3 aromatic rings. The Balaban J connectivity index is 1.93. The number of fused-ring (bicyclic) bond motifs is 1. The van der Waals surface area contributed by atoms with Crippen molar-refractivity contribution in [3.8, 4) is 0 Å². The lowest BCUT2D eigenvalue weighted by Crippen LogP contribution is -2.15. The number of benzene rings is 2. The highest BCUT2D eigenvalue weighted by atomic mass is 32.2. The van der Waals surface area contributed by atoms with Crippen LogP contribution in [0.3, 0.4) is 0 Å². The number of aromatic nitrogens is 1. The predicted molar refractivity (Wildman–Crippen MR) is 104 cm³/mol. The Morgan fingerprint density at radius 1 is 1.04 bits per heavy atom. The van der Waals surface area contributed by atoms with Crippen molar-refractivity contribution in [3.63, 3.8) is 0 Å². The molecule has 0 saturated carbocycles. The van der Waals surface area contributed by atoms with E-state index in [1.165, 1.54) is 0 Å². The van der Waals surface area contributed by atoms with Gasteiger partial charge >= 0.3 is 6.18 Å². The quantitative estimate of drug-likeness (QED) is 0.569. The van der Waals surface area contributed by atoms with Gasteiger partial charge in [-0.3, -0.25) is 4.72 Å². The zero-order valence-electron chi connectivity index (χ0n) is 15.7. The normalized spacial score (nSPS) is 13.1. The highest BCUT2D eigenvalue weighted by Gasteiger charge is 2.31. The molecular weight excluding hydrogens is 389 g/mol. The maximum absolute atomic E-state index is 12.9. The first-order valence-corrected chi connectivity index (χ1v) is 10.2. The summed E-state index contributed by atoms with van der Waals surface area (Å²) in [6, 6.07) is 10.6. The molecular formula is C20H21F3N2O2S. The molecule has 0 radical (unpaired) electrons. The minimum absolute atomic E-state index is 0.0588. The lowest BCUT2D eigenvalue weighted by Gasteiger charge is -2.20. The molecule has 0 fully saturated rings. The lowest BCUT2D eigenvalue weighted by molar-refractivity contribution is -0.137. The lowest BCUT2D eigenvalue weighted by atomic mass is 9.86. The second kappa shape index (κ2) is 6.84. The molecule has 3 rings (SSSR count). The molecule has 2 aromatic carbocycles. The van der Waals surface area contributed by atoms with Crippen molar-refractivity contribution in [1.82, 2.24) is 4.98 Å². The van der Waals surface area contributed by atoms with Crippen LogP contribution in [0, 0.1) is 0 Å². The van der Waals surface area contributed by atoms with Crippen LogP contribution in [0.4, 0.5) is 18.9 Å². The molecule has 8 heteroatoms. The van der Waals surface area contributed by atoms with Gasteiger partial charge in [-0.1, -0.05) is 26.8 Å². The van der Waals surface area contributed by atoms with E-state index in [-0.39, 0.29) is 11.1 Å². The summed E-state index contributed by atoms with van der Waals surface area (Å²) >= 11 is 0. The summed E-state index contributed by atoms with van der Waals surface area (Å²) in [5, 5.41) is 0.820. The van der Waals surface area contributed by atoms with Crippen molar-refractivity contribution in [1.29, 1.82) is 0 Å². The van der Waals surface area contributed by atoms with Gasteiger partial charge in [0.1, 0.15) is 0 Å². The molecule has 0 saturated heterocycles. The Hall–Kier alpha value is -2.48. The second-order valence-corrected chi connectivity index (χ2v) is 9.04. The minimum Gasteiger partial charge on any atom is -0.358 e. The van der Waals surface area contributed by atoms with Gasteiger partial charge in [-0.15, -0.1) is 0 Å². The molecule has 2 N–H and O–H groups in total. The average molecular weight is 410 g/mol. The first kappa shape index (κ1) is 20.3. The van der Waals surface area contributed by atoms with Crippen LogP contribution in [-0.4, -0.2) is 13.4 Å². The summed E-state index contributed by atoms with van der Waals surface area (Å²) in [5.41, 5.74) is 1.10. The van der Waals surface area contributed by atoms with Gasteiger partial charge in [0, 0.05) is 27.7 Å². The Morgan fingerprint density at radius 3 is 2.39 bits per heavy atom. The van der Waals surface area contributed by atoms with Crippen molar-refractivity contribution in [2.24, 2.45) is 0 Å². The van der Waals surface area contributed by atoms with Crippen molar-refractivity contribution in [2.75, 3.05) is 4.72 Å². The number of anilines is 1. The number of nitrogens with one attached hydrogen (secondary N) is 2. The van der Waals surface area contributed by atoms with Gasteiger partial charge in [-0.05, 0) is 48.9 Å². The fraction of sp³-hybridized carbons (Fsp3) is 0.300. The molecule has 4 nitrogen and oxygen atoms in total. The van der Waals surface area contributed by atoms with E-state index in [1.54, 1.807) is 18.2 Å². The Kier molecular flexibility index (Phi) is 4.95. The third-order valence-electron chi connectivity index (χ3n) is 4.96. The van der Waals surface area contributed by atoms with E-state index < -0.39 is 26.7 Å². The highest BCUT2D eigenvalue weighted by molar-refractivity contribution is 7.92. The molecule has 0 bridgehead atoms. The number of hydrogen-bond donors (Lipinski definition) is 2. The van der Waals surface area contributed by atoms with E-state index in [4.69, 9.17) is 0 Å². The fourth-order valence-corrected chi connectivity index (χ4v) is 3.90. The topological polar surface area (TPSA) is 62.0 Å². The van der Waals surface area contributed by atoms with E-state index >= 15 is 0 Å². The zero-order chi connectivity index (χ0) is 20.7. The van der Waals surface area contributed by atoms with E-state index in [2.05, 4.69) is 30.5 Å². The standard InChI is InChI=1S/C20H21F3N2O2S/c1-4-19(2,3)18-11-13-10-15(8-9-17(13)24-18)25-28(26,27)16-7-5-6-14(12-16)20(21,22)23/h5-12,24-25H,4H2,1-3H3. The number of rotatable bonds is 5. The SMILES string of the molecule is CCC(C)(C)c1cc2cc(NS(=O)(=O)c3cccc(C(F)(F)F)c3)ccc2[nH]1. The van der Waals surface area contributed by atoms with Gasteiger partial charge in [0.25, 0.3) is 10.0 Å². The van der Waals surface area contributed by atoms with Crippen molar-refractivity contribution < 1.29 is 21.6 Å². The largest absolute Gasteiger partial charge is 0.416 e. The molecule has 150 valence electrons. The van der Waals surface area contributed by atoms with E-state index in [1.807, 2.05) is 6.07 Å². The predicted octanol–water partition coefficient (Wildman–Crippen LogP) is 5.68. The van der Waals surface area contributed by atoms with Crippen LogP contribution in [-0.2, 0) is 21.6 Å². The Bertz CT molecular complexity index is 1120. The maximum Gasteiger partial charge on any atom is 0.416 e. The number of sulfonamides is 1. The zero-order valence-corrected chi connectivity index (χ0v) is 16.5. The van der Waals surface area contributed by atoms with Gasteiger partial charge in [0.15, 0.2) is 0 Å². The number of H-pyrrole nitrogens is 1. The number of aromatic amines is 1. The highest BCUT2D eigenvalue weighted by Crippen LogP contribution is 2.32.